The largest absolute Gasteiger partial charge is 0.322 e. The third-order valence-corrected chi connectivity index (χ3v) is 5.40. The van der Waals surface area contributed by atoms with Gasteiger partial charge in [0.25, 0.3) is 11.5 Å². The summed E-state index contributed by atoms with van der Waals surface area (Å²) < 4.78 is 2.55. The Labute approximate surface area is 147 Å². The topological polar surface area (TPSA) is 80.2 Å². The third kappa shape index (κ3) is 2.44. The van der Waals surface area contributed by atoms with Crippen molar-refractivity contribution in [3.8, 4) is 0 Å². The van der Waals surface area contributed by atoms with Crippen molar-refractivity contribution in [3.05, 3.63) is 69.5 Å². The van der Waals surface area contributed by atoms with Gasteiger partial charge in [-0.15, -0.1) is 11.3 Å². The number of imide groups is 1. The van der Waals surface area contributed by atoms with E-state index in [4.69, 9.17) is 0 Å². The van der Waals surface area contributed by atoms with Crippen LogP contribution in [-0.4, -0.2) is 16.5 Å². The molecule has 3 heterocycles. The molecule has 2 N–H and O–H groups in total. The van der Waals surface area contributed by atoms with E-state index >= 15 is 0 Å². The first-order chi connectivity index (χ1) is 12.0. The van der Waals surface area contributed by atoms with E-state index in [-0.39, 0.29) is 12.1 Å². The van der Waals surface area contributed by atoms with Crippen LogP contribution in [0.3, 0.4) is 0 Å². The minimum Gasteiger partial charge on any atom is -0.318 e. The van der Waals surface area contributed by atoms with Crippen molar-refractivity contribution in [2.75, 3.05) is 0 Å². The Balaban J connectivity index is 1.88. The molecule has 1 aromatic carbocycles. The zero-order valence-electron chi connectivity index (χ0n) is 13.4. The zero-order chi connectivity index (χ0) is 17.6. The van der Waals surface area contributed by atoms with Gasteiger partial charge in [0.1, 0.15) is 0 Å². The summed E-state index contributed by atoms with van der Waals surface area (Å²) in [5.74, 6) is -0.458. The van der Waals surface area contributed by atoms with Gasteiger partial charge < -0.3 is 9.88 Å². The monoisotopic (exact) mass is 353 g/mol. The number of benzene rings is 1. The maximum Gasteiger partial charge on any atom is 0.322 e. The van der Waals surface area contributed by atoms with Gasteiger partial charge in [0.15, 0.2) is 5.54 Å². The van der Waals surface area contributed by atoms with Crippen molar-refractivity contribution in [3.63, 3.8) is 0 Å². The molecule has 7 heteroatoms. The van der Waals surface area contributed by atoms with Gasteiger partial charge in [0.05, 0.1) is 6.54 Å². The second kappa shape index (κ2) is 5.56. The maximum atomic E-state index is 12.7. The number of fused-ring (bicyclic) bond motifs is 1. The van der Waals surface area contributed by atoms with Gasteiger partial charge in [-0.3, -0.25) is 14.9 Å². The Morgan fingerprint density at radius 3 is 2.76 bits per heavy atom. The molecule has 6 nitrogen and oxygen atoms in total. The molecule has 0 radical (unpaired) electrons. The summed E-state index contributed by atoms with van der Waals surface area (Å²) in [4.78, 5) is 37.0. The summed E-state index contributed by atoms with van der Waals surface area (Å²) in [6, 6.07) is 10.5. The number of urea groups is 1. The Kier molecular flexibility index (Phi) is 3.47. The second-order valence-corrected chi connectivity index (χ2v) is 7.06. The van der Waals surface area contributed by atoms with E-state index in [1.165, 1.54) is 4.57 Å². The van der Waals surface area contributed by atoms with E-state index in [0.29, 0.717) is 11.1 Å². The molecule has 1 aliphatic heterocycles. The van der Waals surface area contributed by atoms with Crippen LogP contribution in [0.2, 0.25) is 0 Å². The van der Waals surface area contributed by atoms with E-state index in [2.05, 4.69) is 10.6 Å². The van der Waals surface area contributed by atoms with E-state index in [1.807, 2.05) is 29.6 Å². The fraction of sp³-hybridized carbons (Fsp3) is 0.167. The summed E-state index contributed by atoms with van der Waals surface area (Å²) in [5, 5.41) is 7.99. The molecule has 3 amide bonds. The molecule has 3 aromatic rings. The number of nitrogens with one attached hydrogen (secondary N) is 2. The lowest BCUT2D eigenvalue weighted by Gasteiger charge is -2.27. The quantitative estimate of drug-likeness (QED) is 0.708. The van der Waals surface area contributed by atoms with Crippen LogP contribution in [0.15, 0.2) is 52.8 Å². The lowest BCUT2D eigenvalue weighted by Crippen LogP contribution is -2.49. The van der Waals surface area contributed by atoms with E-state index in [9.17, 15) is 14.4 Å². The van der Waals surface area contributed by atoms with Crippen molar-refractivity contribution in [1.29, 1.82) is 0 Å². The first-order valence-electron chi connectivity index (χ1n) is 7.77. The summed E-state index contributed by atoms with van der Waals surface area (Å²) in [7, 11) is 0. The molecule has 1 unspecified atom stereocenters. The molecule has 1 saturated heterocycles. The molecule has 4 rings (SSSR count). The lowest BCUT2D eigenvalue weighted by atomic mass is 9.89. The second-order valence-electron chi connectivity index (χ2n) is 6.11. The van der Waals surface area contributed by atoms with E-state index in [1.54, 1.807) is 36.6 Å². The highest BCUT2D eigenvalue weighted by Crippen LogP contribution is 2.31. The zero-order valence-corrected chi connectivity index (χ0v) is 14.2. The van der Waals surface area contributed by atoms with Crippen LogP contribution in [-0.2, 0) is 16.9 Å². The maximum absolute atomic E-state index is 12.7. The standard InChI is InChI=1S/C18H15N3O3S/c1-11-3-2-7-21(15(11)22)10-18(16(23)19-17(24)20-18)13-4-5-14-12(9-13)6-8-25-14/h2-9H,10H2,1H3,(H2,19,20,23,24). The van der Waals surface area contributed by atoms with Gasteiger partial charge in [-0.25, -0.2) is 4.79 Å². The van der Waals surface area contributed by atoms with Crippen molar-refractivity contribution >= 4 is 33.4 Å². The number of thiophene rings is 1. The van der Waals surface area contributed by atoms with Gasteiger partial charge in [-0.1, -0.05) is 12.1 Å². The van der Waals surface area contributed by atoms with Gasteiger partial charge >= 0.3 is 6.03 Å². The Morgan fingerprint density at radius 2 is 2.00 bits per heavy atom. The molecule has 2 aromatic heterocycles. The number of amides is 3. The molecule has 0 aliphatic carbocycles. The van der Waals surface area contributed by atoms with Gasteiger partial charge in [-0.05, 0) is 47.5 Å². The highest BCUT2D eigenvalue weighted by Gasteiger charge is 2.48. The third-order valence-electron chi connectivity index (χ3n) is 4.50. The first-order valence-corrected chi connectivity index (χ1v) is 8.65. The predicted molar refractivity (Wildman–Crippen MR) is 95.6 cm³/mol. The minimum absolute atomic E-state index is 0.0285. The van der Waals surface area contributed by atoms with Crippen molar-refractivity contribution in [2.45, 2.75) is 19.0 Å². The SMILES string of the molecule is Cc1cccn(CC2(c3ccc4sccc4c3)NC(=O)NC2=O)c1=O. The smallest absolute Gasteiger partial charge is 0.318 e. The fourth-order valence-electron chi connectivity index (χ4n) is 3.17. The summed E-state index contributed by atoms with van der Waals surface area (Å²) in [5.41, 5.74) is -0.275. The molecule has 0 spiro atoms. The van der Waals surface area contributed by atoms with Gasteiger partial charge in [0, 0.05) is 16.5 Å². The number of pyridine rings is 1. The van der Waals surface area contributed by atoms with Crippen LogP contribution >= 0.6 is 11.3 Å². The van der Waals surface area contributed by atoms with E-state index in [0.717, 1.165) is 10.1 Å². The Morgan fingerprint density at radius 1 is 1.16 bits per heavy atom. The molecular weight excluding hydrogens is 338 g/mol. The van der Waals surface area contributed by atoms with E-state index < -0.39 is 17.5 Å². The lowest BCUT2D eigenvalue weighted by molar-refractivity contribution is -0.124. The molecule has 1 fully saturated rings. The van der Waals surface area contributed by atoms with Crippen LogP contribution in [0.25, 0.3) is 10.1 Å². The minimum atomic E-state index is -1.31. The number of carbonyl (C=O) groups excluding carboxylic acids is 2. The number of rotatable bonds is 3. The normalized spacial score (nSPS) is 19.9. The van der Waals surface area contributed by atoms with Crippen LogP contribution in [0.1, 0.15) is 11.1 Å². The molecule has 1 atom stereocenters. The Bertz CT molecular complexity index is 1070. The highest BCUT2D eigenvalue weighted by atomic mass is 32.1. The van der Waals surface area contributed by atoms with Crippen LogP contribution in [0.5, 0.6) is 0 Å². The van der Waals surface area contributed by atoms with Crippen LogP contribution in [0.4, 0.5) is 4.79 Å². The number of hydrogen-bond donors (Lipinski definition) is 2. The molecular formula is C18H15N3O3S. The summed E-state index contributed by atoms with van der Waals surface area (Å²) >= 11 is 1.60. The summed E-state index contributed by atoms with van der Waals surface area (Å²) in [6.45, 7) is 1.75. The number of aryl methyl sites for hydroxylation is 1. The number of nitrogens with zero attached hydrogens (tertiary/aromatic N) is 1. The molecule has 0 bridgehead atoms. The average molecular weight is 353 g/mol. The molecule has 25 heavy (non-hydrogen) atoms. The summed E-state index contributed by atoms with van der Waals surface area (Å²) in [6.07, 6.45) is 1.62. The van der Waals surface area contributed by atoms with Gasteiger partial charge in [0.2, 0.25) is 0 Å². The van der Waals surface area contributed by atoms with Crippen LogP contribution < -0.4 is 16.2 Å². The molecule has 126 valence electrons. The molecule has 1 aliphatic rings. The van der Waals surface area contributed by atoms with Crippen LogP contribution in [0, 0.1) is 6.92 Å². The highest BCUT2D eigenvalue weighted by molar-refractivity contribution is 7.17. The Hall–Kier alpha value is -2.93. The van der Waals surface area contributed by atoms with Crippen molar-refractivity contribution in [2.24, 2.45) is 0 Å². The average Bonchev–Trinajstić information content (AvgIpc) is 3.16. The molecule has 0 saturated carbocycles. The number of hydrogen-bond acceptors (Lipinski definition) is 4. The first kappa shape index (κ1) is 15.6. The fourth-order valence-corrected chi connectivity index (χ4v) is 3.94. The predicted octanol–water partition coefficient (Wildman–Crippen LogP) is 2.11. The number of carbonyl (C=O) groups is 2. The van der Waals surface area contributed by atoms with Crippen molar-refractivity contribution in [1.82, 2.24) is 15.2 Å². The van der Waals surface area contributed by atoms with Gasteiger partial charge in [-0.2, -0.15) is 0 Å². The number of aromatic nitrogens is 1. The van der Waals surface area contributed by atoms with Crippen molar-refractivity contribution < 1.29 is 9.59 Å².